The Morgan fingerprint density at radius 3 is 2.31 bits per heavy atom. The molecule has 26 heavy (non-hydrogen) atoms. The number of rotatable bonds is 3. The second-order valence-corrected chi connectivity index (χ2v) is 7.05. The van der Waals surface area contributed by atoms with Gasteiger partial charge in [-0.3, -0.25) is 19.3 Å². The van der Waals surface area contributed by atoms with Crippen LogP contribution in [-0.2, 0) is 4.79 Å². The average molecular weight is 350 g/mol. The Morgan fingerprint density at radius 1 is 1.04 bits per heavy atom. The predicted molar refractivity (Wildman–Crippen MR) is 99.0 cm³/mol. The fourth-order valence-corrected chi connectivity index (χ4v) is 4.20. The number of imide groups is 1. The lowest BCUT2D eigenvalue weighted by Crippen LogP contribution is -2.51. The molecule has 134 valence electrons. The number of piperidine rings is 1. The Balaban J connectivity index is 1.65. The van der Waals surface area contributed by atoms with E-state index >= 15 is 0 Å². The highest BCUT2D eigenvalue weighted by atomic mass is 16.2. The highest BCUT2D eigenvalue weighted by Crippen LogP contribution is 2.30. The minimum atomic E-state index is -0.377. The van der Waals surface area contributed by atoms with Crippen LogP contribution in [0.5, 0.6) is 0 Å². The van der Waals surface area contributed by atoms with Gasteiger partial charge in [-0.25, -0.2) is 0 Å². The molecule has 0 aliphatic carbocycles. The molecule has 1 unspecified atom stereocenters. The van der Waals surface area contributed by atoms with Gasteiger partial charge in [-0.05, 0) is 43.2 Å². The van der Waals surface area contributed by atoms with Gasteiger partial charge in [0.1, 0.15) is 6.54 Å². The normalized spacial score (nSPS) is 20.0. The van der Waals surface area contributed by atoms with Crippen LogP contribution in [0.4, 0.5) is 0 Å². The summed E-state index contributed by atoms with van der Waals surface area (Å²) in [5.74, 6) is -0.889. The maximum Gasteiger partial charge on any atom is 0.261 e. The van der Waals surface area contributed by atoms with Crippen molar-refractivity contribution >= 4 is 28.5 Å². The molecule has 2 aliphatic rings. The monoisotopic (exact) mass is 350 g/mol. The van der Waals surface area contributed by atoms with Crippen molar-refractivity contribution in [3.63, 3.8) is 0 Å². The number of carbonyl (C=O) groups is 3. The smallest absolute Gasteiger partial charge is 0.261 e. The van der Waals surface area contributed by atoms with Gasteiger partial charge in [-0.1, -0.05) is 31.2 Å². The third-order valence-corrected chi connectivity index (χ3v) is 5.57. The van der Waals surface area contributed by atoms with E-state index in [4.69, 9.17) is 0 Å². The van der Waals surface area contributed by atoms with E-state index in [9.17, 15) is 14.4 Å². The van der Waals surface area contributed by atoms with Crippen molar-refractivity contribution in [1.29, 1.82) is 0 Å². The quantitative estimate of drug-likeness (QED) is 0.799. The molecule has 2 aromatic rings. The van der Waals surface area contributed by atoms with E-state index in [1.807, 2.05) is 29.2 Å². The Bertz CT molecular complexity index is 855. The van der Waals surface area contributed by atoms with Crippen LogP contribution in [0.3, 0.4) is 0 Å². The Morgan fingerprint density at radius 2 is 1.69 bits per heavy atom. The van der Waals surface area contributed by atoms with Gasteiger partial charge in [0.15, 0.2) is 0 Å². The molecule has 2 aliphatic heterocycles. The van der Waals surface area contributed by atoms with Crippen molar-refractivity contribution in [3.8, 4) is 0 Å². The Kier molecular flexibility index (Phi) is 4.23. The van der Waals surface area contributed by atoms with Crippen LogP contribution in [0.25, 0.3) is 10.8 Å². The molecule has 3 amide bonds. The topological polar surface area (TPSA) is 57.7 Å². The molecule has 2 aromatic carbocycles. The zero-order valence-corrected chi connectivity index (χ0v) is 14.9. The minimum absolute atomic E-state index is 0.134. The summed E-state index contributed by atoms with van der Waals surface area (Å²) in [4.78, 5) is 41.7. The van der Waals surface area contributed by atoms with Crippen molar-refractivity contribution in [2.75, 3.05) is 13.1 Å². The molecular weight excluding hydrogens is 328 g/mol. The first-order valence-electron chi connectivity index (χ1n) is 9.29. The molecule has 1 atom stereocenters. The SMILES string of the molecule is CCC1CCCCN1C(=O)CN1C(=O)c2cccc3cccc(c23)C1=O. The number of carbonyl (C=O) groups excluding carboxylic acids is 3. The van der Waals surface area contributed by atoms with Crippen molar-refractivity contribution in [3.05, 3.63) is 47.5 Å². The average Bonchev–Trinajstić information content (AvgIpc) is 2.69. The zero-order valence-electron chi connectivity index (χ0n) is 14.9. The van der Waals surface area contributed by atoms with E-state index < -0.39 is 0 Å². The predicted octanol–water partition coefficient (Wildman–Crippen LogP) is 3.23. The maximum absolute atomic E-state index is 12.9. The van der Waals surface area contributed by atoms with Gasteiger partial charge in [0, 0.05) is 29.1 Å². The molecule has 0 aromatic heterocycles. The van der Waals surface area contributed by atoms with Crippen LogP contribution in [0.2, 0.25) is 0 Å². The first-order chi connectivity index (χ1) is 12.6. The van der Waals surface area contributed by atoms with Crippen LogP contribution >= 0.6 is 0 Å². The van der Waals surface area contributed by atoms with Crippen molar-refractivity contribution < 1.29 is 14.4 Å². The van der Waals surface area contributed by atoms with Crippen LogP contribution in [-0.4, -0.2) is 46.7 Å². The van der Waals surface area contributed by atoms with Gasteiger partial charge < -0.3 is 4.90 Å². The third-order valence-electron chi connectivity index (χ3n) is 5.57. The summed E-state index contributed by atoms with van der Waals surface area (Å²) >= 11 is 0. The molecular formula is C21H22N2O3. The summed E-state index contributed by atoms with van der Waals surface area (Å²) < 4.78 is 0. The Labute approximate surface area is 152 Å². The number of amides is 3. The molecule has 4 rings (SSSR count). The lowest BCUT2D eigenvalue weighted by molar-refractivity contribution is -0.135. The highest BCUT2D eigenvalue weighted by molar-refractivity contribution is 6.26. The number of benzene rings is 2. The lowest BCUT2D eigenvalue weighted by Gasteiger charge is -2.37. The third kappa shape index (κ3) is 2.59. The number of nitrogens with zero attached hydrogens (tertiary/aromatic N) is 2. The molecule has 1 saturated heterocycles. The molecule has 2 heterocycles. The fourth-order valence-electron chi connectivity index (χ4n) is 4.20. The first-order valence-corrected chi connectivity index (χ1v) is 9.29. The first kappa shape index (κ1) is 16.8. The van der Waals surface area contributed by atoms with E-state index in [1.165, 1.54) is 0 Å². The summed E-state index contributed by atoms with van der Waals surface area (Å²) in [5.41, 5.74) is 0.993. The summed E-state index contributed by atoms with van der Waals surface area (Å²) in [6.45, 7) is 2.60. The zero-order chi connectivity index (χ0) is 18.3. The van der Waals surface area contributed by atoms with Gasteiger partial charge in [0.05, 0.1) is 0 Å². The lowest BCUT2D eigenvalue weighted by atomic mass is 9.94. The molecule has 0 N–H and O–H groups in total. The van der Waals surface area contributed by atoms with Crippen molar-refractivity contribution in [2.24, 2.45) is 0 Å². The number of likely N-dealkylation sites (tertiary alicyclic amines) is 1. The van der Waals surface area contributed by atoms with Gasteiger partial charge >= 0.3 is 0 Å². The standard InChI is InChI=1S/C21H22N2O3/c1-2-15-9-3-4-12-22(15)18(24)13-23-20(25)16-10-5-7-14-8-6-11-17(19(14)16)21(23)26/h5-8,10-11,15H,2-4,9,12-13H2,1H3. The number of hydrogen-bond donors (Lipinski definition) is 0. The second kappa shape index (κ2) is 6.56. The molecule has 0 spiro atoms. The van der Waals surface area contributed by atoms with Gasteiger partial charge in [0.2, 0.25) is 5.91 Å². The molecule has 0 saturated carbocycles. The molecule has 1 fully saturated rings. The van der Waals surface area contributed by atoms with E-state index in [-0.39, 0.29) is 30.3 Å². The van der Waals surface area contributed by atoms with E-state index in [2.05, 4.69) is 6.92 Å². The maximum atomic E-state index is 12.9. The van der Waals surface area contributed by atoms with E-state index in [0.29, 0.717) is 23.1 Å². The van der Waals surface area contributed by atoms with Crippen LogP contribution in [0.1, 0.15) is 53.3 Å². The van der Waals surface area contributed by atoms with Gasteiger partial charge in [-0.15, -0.1) is 0 Å². The molecule has 0 radical (unpaired) electrons. The van der Waals surface area contributed by atoms with Crippen molar-refractivity contribution in [1.82, 2.24) is 9.80 Å². The summed E-state index contributed by atoms with van der Waals surface area (Å²) in [7, 11) is 0. The van der Waals surface area contributed by atoms with E-state index in [1.54, 1.807) is 12.1 Å². The summed E-state index contributed by atoms with van der Waals surface area (Å²) in [5, 5.41) is 1.56. The van der Waals surface area contributed by atoms with Crippen LogP contribution in [0, 0.1) is 0 Å². The molecule has 0 bridgehead atoms. The van der Waals surface area contributed by atoms with Crippen LogP contribution in [0.15, 0.2) is 36.4 Å². The second-order valence-electron chi connectivity index (χ2n) is 7.05. The summed E-state index contributed by atoms with van der Waals surface area (Å²) in [6, 6.07) is 11.1. The van der Waals surface area contributed by atoms with Gasteiger partial charge in [-0.2, -0.15) is 0 Å². The Hall–Kier alpha value is -2.69. The van der Waals surface area contributed by atoms with Crippen molar-refractivity contribution in [2.45, 2.75) is 38.6 Å². The van der Waals surface area contributed by atoms with Crippen LogP contribution < -0.4 is 0 Å². The fraction of sp³-hybridized carbons (Fsp3) is 0.381. The largest absolute Gasteiger partial charge is 0.338 e. The van der Waals surface area contributed by atoms with E-state index in [0.717, 1.165) is 36.0 Å². The van der Waals surface area contributed by atoms with Gasteiger partial charge in [0.25, 0.3) is 11.8 Å². The highest BCUT2D eigenvalue weighted by Gasteiger charge is 2.36. The summed E-state index contributed by atoms with van der Waals surface area (Å²) in [6.07, 6.45) is 3.99. The number of hydrogen-bond acceptors (Lipinski definition) is 3. The molecule has 5 nitrogen and oxygen atoms in total. The molecule has 5 heteroatoms. The minimum Gasteiger partial charge on any atom is -0.338 e.